The van der Waals surface area contributed by atoms with Gasteiger partial charge in [-0.15, -0.1) is 0 Å². The average molecular weight is 292 g/mol. The first-order valence-electron chi connectivity index (χ1n) is 8.72. The summed E-state index contributed by atoms with van der Waals surface area (Å²) >= 11 is 0. The van der Waals surface area contributed by atoms with Gasteiger partial charge in [0.05, 0.1) is 0 Å². The Bertz CT molecular complexity index is 469. The van der Waals surface area contributed by atoms with Crippen molar-refractivity contribution in [1.82, 2.24) is 0 Å². The minimum Gasteiger partial charge on any atom is -0.387 e. The van der Waals surface area contributed by atoms with Crippen molar-refractivity contribution in [2.45, 2.75) is 70.2 Å². The van der Waals surface area contributed by atoms with Crippen LogP contribution in [0, 0.1) is 29.1 Å². The van der Waals surface area contributed by atoms with Gasteiger partial charge in [-0.2, -0.15) is 0 Å². The molecule has 0 spiro atoms. The molecule has 0 aromatic heterocycles. The van der Waals surface area contributed by atoms with Gasteiger partial charge in [-0.25, -0.2) is 0 Å². The summed E-state index contributed by atoms with van der Waals surface area (Å²) in [4.78, 5) is 0. The van der Waals surface area contributed by atoms with Crippen molar-refractivity contribution in [3.63, 3.8) is 0 Å². The second-order valence-electron chi connectivity index (χ2n) is 8.45. The first-order valence-corrected chi connectivity index (χ1v) is 8.72. The van der Waals surface area contributed by atoms with E-state index in [0.717, 1.165) is 18.3 Å². The predicted molar refractivity (Wildman–Crippen MR) is 80.3 cm³/mol. The van der Waals surface area contributed by atoms with Crippen molar-refractivity contribution < 1.29 is 15.3 Å². The number of rotatable bonds is 0. The van der Waals surface area contributed by atoms with Crippen LogP contribution in [0.2, 0.25) is 0 Å². The van der Waals surface area contributed by atoms with Crippen molar-refractivity contribution in [3.8, 4) is 0 Å². The van der Waals surface area contributed by atoms with E-state index in [0.29, 0.717) is 23.7 Å². The molecule has 4 rings (SSSR count). The summed E-state index contributed by atoms with van der Waals surface area (Å²) in [7, 11) is 0. The van der Waals surface area contributed by atoms with E-state index in [1.54, 1.807) is 0 Å². The third-order valence-corrected chi connectivity index (χ3v) is 7.39. The molecule has 0 aromatic rings. The molecule has 0 heterocycles. The van der Waals surface area contributed by atoms with Gasteiger partial charge < -0.3 is 15.3 Å². The van der Waals surface area contributed by atoms with Crippen LogP contribution in [0.3, 0.4) is 0 Å². The summed E-state index contributed by atoms with van der Waals surface area (Å²) in [5.41, 5.74) is 1.76. The zero-order valence-corrected chi connectivity index (χ0v) is 13.0. The summed E-state index contributed by atoms with van der Waals surface area (Å²) in [6, 6.07) is 0. The highest BCUT2D eigenvalue weighted by Crippen LogP contribution is 2.61. The number of hydrogen-bond donors (Lipinski definition) is 3. The van der Waals surface area contributed by atoms with E-state index in [9.17, 15) is 15.3 Å². The van der Waals surface area contributed by atoms with Crippen molar-refractivity contribution in [2.24, 2.45) is 29.1 Å². The van der Waals surface area contributed by atoms with Crippen molar-refractivity contribution in [2.75, 3.05) is 0 Å². The molecule has 4 aliphatic rings. The third-order valence-electron chi connectivity index (χ3n) is 7.39. The summed E-state index contributed by atoms with van der Waals surface area (Å²) in [5.74, 6) is 0.743. The zero-order valence-electron chi connectivity index (χ0n) is 13.0. The first-order chi connectivity index (χ1) is 9.91. The summed E-state index contributed by atoms with van der Waals surface area (Å²) in [5, 5.41) is 29.9. The quantitative estimate of drug-likeness (QED) is 0.475. The van der Waals surface area contributed by atoms with Gasteiger partial charge in [-0.05, 0) is 67.6 Å². The highest BCUT2D eigenvalue weighted by atomic mass is 16.5. The van der Waals surface area contributed by atoms with Crippen LogP contribution in [-0.2, 0) is 0 Å². The second kappa shape index (κ2) is 4.56. The Morgan fingerprint density at radius 3 is 2.76 bits per heavy atom. The topological polar surface area (TPSA) is 60.7 Å². The molecule has 3 heteroatoms. The number of hydrogen-bond acceptors (Lipinski definition) is 3. The van der Waals surface area contributed by atoms with Crippen LogP contribution in [0.25, 0.3) is 0 Å². The molecule has 3 saturated carbocycles. The van der Waals surface area contributed by atoms with Gasteiger partial charge in [-0.1, -0.05) is 25.0 Å². The molecule has 6 atom stereocenters. The van der Waals surface area contributed by atoms with Crippen LogP contribution < -0.4 is 0 Å². The molecule has 118 valence electrons. The van der Waals surface area contributed by atoms with Crippen molar-refractivity contribution in [3.05, 3.63) is 11.6 Å². The van der Waals surface area contributed by atoms with Gasteiger partial charge in [-0.3, -0.25) is 0 Å². The zero-order chi connectivity index (χ0) is 14.8. The molecule has 0 aromatic carbocycles. The van der Waals surface area contributed by atoms with E-state index in [1.807, 2.05) is 0 Å². The van der Waals surface area contributed by atoms with E-state index < -0.39 is 11.9 Å². The summed E-state index contributed by atoms with van der Waals surface area (Å²) in [6.45, 7) is 2.49. The Labute approximate surface area is 127 Å². The van der Waals surface area contributed by atoms with Crippen LogP contribution in [-0.4, -0.2) is 27.2 Å². The predicted octanol–water partition coefficient (Wildman–Crippen LogP) is 2.60. The van der Waals surface area contributed by atoms with E-state index in [-0.39, 0.29) is 6.42 Å². The van der Waals surface area contributed by atoms with E-state index in [2.05, 4.69) is 13.0 Å². The number of fused-ring (bicyclic) bond motifs is 5. The molecule has 0 radical (unpaired) electrons. The molecule has 3 N–H and O–H groups in total. The van der Waals surface area contributed by atoms with Gasteiger partial charge in [0.15, 0.2) is 5.79 Å². The monoisotopic (exact) mass is 292 g/mol. The number of aliphatic hydroxyl groups is 3. The molecule has 0 aliphatic heterocycles. The Hall–Kier alpha value is -0.380. The van der Waals surface area contributed by atoms with Crippen molar-refractivity contribution in [1.29, 1.82) is 0 Å². The Kier molecular flexibility index (Phi) is 3.09. The lowest BCUT2D eigenvalue weighted by atomic mass is 9.53. The maximum atomic E-state index is 10.1. The number of allylic oxidation sites excluding steroid dienone is 1. The summed E-state index contributed by atoms with van der Waals surface area (Å²) < 4.78 is 0. The minimum atomic E-state index is -1.91. The molecule has 0 bridgehead atoms. The Morgan fingerprint density at radius 1 is 1.14 bits per heavy atom. The van der Waals surface area contributed by atoms with Gasteiger partial charge in [0.1, 0.15) is 6.10 Å². The fourth-order valence-electron chi connectivity index (χ4n) is 6.24. The molecule has 0 saturated heterocycles. The smallest absolute Gasteiger partial charge is 0.193 e. The van der Waals surface area contributed by atoms with Crippen LogP contribution >= 0.6 is 0 Å². The van der Waals surface area contributed by atoms with E-state index >= 15 is 0 Å². The highest BCUT2D eigenvalue weighted by molar-refractivity contribution is 5.21. The van der Waals surface area contributed by atoms with Crippen LogP contribution in [0.5, 0.6) is 0 Å². The molecular formula is C18H28O3. The molecule has 3 nitrogen and oxygen atoms in total. The fraction of sp³-hybridized carbons (Fsp3) is 0.889. The molecular weight excluding hydrogens is 264 g/mol. The summed E-state index contributed by atoms with van der Waals surface area (Å²) in [6.07, 6.45) is 9.90. The minimum absolute atomic E-state index is 0.240. The first kappa shape index (κ1) is 14.2. The molecule has 21 heavy (non-hydrogen) atoms. The molecule has 0 amide bonds. The maximum Gasteiger partial charge on any atom is 0.193 e. The largest absolute Gasteiger partial charge is 0.387 e. The van der Waals surface area contributed by atoms with E-state index in [1.165, 1.54) is 37.7 Å². The van der Waals surface area contributed by atoms with Gasteiger partial charge in [0.2, 0.25) is 0 Å². The lowest BCUT2D eigenvalue weighted by Crippen LogP contribution is -2.52. The number of aliphatic hydroxyl groups excluding tert-OH is 1. The lowest BCUT2D eigenvalue weighted by Gasteiger charge is -2.53. The Morgan fingerprint density at radius 2 is 1.95 bits per heavy atom. The SMILES string of the molecule is C[C@@]12CCC[C@H]1[C@@H]1CC=C3CC(O)(O)C(O)C[C@@H]3[C@H]1CC2. The van der Waals surface area contributed by atoms with Crippen LogP contribution in [0.1, 0.15) is 58.3 Å². The normalized spacial score (nSPS) is 51.6. The third kappa shape index (κ3) is 2.04. The van der Waals surface area contributed by atoms with Crippen LogP contribution in [0.15, 0.2) is 11.6 Å². The highest BCUT2D eigenvalue weighted by Gasteiger charge is 2.54. The maximum absolute atomic E-state index is 10.1. The van der Waals surface area contributed by atoms with Gasteiger partial charge in [0, 0.05) is 6.42 Å². The van der Waals surface area contributed by atoms with Crippen molar-refractivity contribution >= 4 is 0 Å². The van der Waals surface area contributed by atoms with Gasteiger partial charge >= 0.3 is 0 Å². The van der Waals surface area contributed by atoms with Gasteiger partial charge in [0.25, 0.3) is 0 Å². The Balaban J connectivity index is 1.63. The van der Waals surface area contributed by atoms with E-state index in [4.69, 9.17) is 0 Å². The molecule has 3 fully saturated rings. The van der Waals surface area contributed by atoms with Crippen LogP contribution in [0.4, 0.5) is 0 Å². The molecule has 1 unspecified atom stereocenters. The standard InChI is InChI=1S/C18H28O3/c1-17-7-2-3-15(17)13-5-4-11-10-18(20,21)16(19)9-14(11)12(13)6-8-17/h4,12-16,19-21H,2-3,5-10H2,1H3/t12-,13+,14-,15-,16?,17-/m0/s1. The molecule has 4 aliphatic carbocycles. The second-order valence-corrected chi connectivity index (χ2v) is 8.45. The lowest BCUT2D eigenvalue weighted by molar-refractivity contribution is -0.240. The average Bonchev–Trinajstić information content (AvgIpc) is 2.81. The fourth-order valence-corrected chi connectivity index (χ4v) is 6.24.